The van der Waals surface area contributed by atoms with Crippen molar-refractivity contribution in [1.29, 1.82) is 0 Å². The molecule has 1 atom stereocenters. The molecular weight excluding hydrogens is 234 g/mol. The maximum Gasteiger partial charge on any atom is 0.122 e. The zero-order valence-corrected chi connectivity index (χ0v) is 13.5. The van der Waals surface area contributed by atoms with Crippen LogP contribution in [0.3, 0.4) is 0 Å². The molecule has 0 radical (unpaired) electrons. The molecule has 0 heterocycles. The number of hydrogen-bond donors (Lipinski definition) is 1. The van der Waals surface area contributed by atoms with Gasteiger partial charge in [-0.1, -0.05) is 46.8 Å². The van der Waals surface area contributed by atoms with Gasteiger partial charge in [0.2, 0.25) is 0 Å². The van der Waals surface area contributed by atoms with Crippen molar-refractivity contribution in [2.75, 3.05) is 7.11 Å². The Hall–Kier alpha value is -1.02. The molecule has 19 heavy (non-hydrogen) atoms. The van der Waals surface area contributed by atoms with Crippen LogP contribution < -0.4 is 10.1 Å². The maximum atomic E-state index is 5.48. The zero-order valence-electron chi connectivity index (χ0n) is 13.5. The van der Waals surface area contributed by atoms with E-state index < -0.39 is 0 Å². The van der Waals surface area contributed by atoms with E-state index in [1.165, 1.54) is 11.1 Å². The van der Waals surface area contributed by atoms with Crippen LogP contribution in [0, 0.1) is 0 Å². The number of hydrogen-bond acceptors (Lipinski definition) is 2. The fourth-order valence-electron chi connectivity index (χ4n) is 2.45. The molecule has 0 aromatic heterocycles. The van der Waals surface area contributed by atoms with Crippen LogP contribution in [0.4, 0.5) is 0 Å². The first kappa shape index (κ1) is 16.0. The van der Waals surface area contributed by atoms with Gasteiger partial charge in [0.15, 0.2) is 0 Å². The lowest BCUT2D eigenvalue weighted by Crippen LogP contribution is -2.33. The maximum absolute atomic E-state index is 5.48. The van der Waals surface area contributed by atoms with Gasteiger partial charge in [-0.15, -0.1) is 0 Å². The monoisotopic (exact) mass is 263 g/mol. The SMILES string of the molecule is COc1ccc(CC(C)NC(C)C)cc1C(C)(C)C. The summed E-state index contributed by atoms with van der Waals surface area (Å²) in [5, 5.41) is 3.55. The minimum absolute atomic E-state index is 0.107. The normalized spacial score (nSPS) is 13.7. The Morgan fingerprint density at radius 2 is 1.79 bits per heavy atom. The van der Waals surface area contributed by atoms with Crippen LogP contribution in [0.25, 0.3) is 0 Å². The standard InChI is InChI=1S/C17H29NO/c1-12(2)18-13(3)10-14-8-9-16(19-7)15(11-14)17(4,5)6/h8-9,11-13,18H,10H2,1-7H3. The van der Waals surface area contributed by atoms with E-state index in [-0.39, 0.29) is 5.41 Å². The minimum Gasteiger partial charge on any atom is -0.496 e. The summed E-state index contributed by atoms with van der Waals surface area (Å²) in [4.78, 5) is 0. The second kappa shape index (κ2) is 6.42. The van der Waals surface area contributed by atoms with Crippen molar-refractivity contribution in [2.45, 2.75) is 65.5 Å². The highest BCUT2D eigenvalue weighted by Crippen LogP contribution is 2.32. The van der Waals surface area contributed by atoms with E-state index >= 15 is 0 Å². The predicted molar refractivity (Wildman–Crippen MR) is 83.1 cm³/mol. The Bertz CT molecular complexity index is 404. The second-order valence-corrected chi connectivity index (χ2v) is 6.71. The summed E-state index contributed by atoms with van der Waals surface area (Å²) in [7, 11) is 1.74. The van der Waals surface area contributed by atoms with Gasteiger partial charge in [-0.25, -0.2) is 0 Å². The van der Waals surface area contributed by atoms with E-state index in [0.717, 1.165) is 12.2 Å². The number of benzene rings is 1. The first-order valence-corrected chi connectivity index (χ1v) is 7.17. The molecule has 2 heteroatoms. The van der Waals surface area contributed by atoms with E-state index in [2.05, 4.69) is 65.1 Å². The summed E-state index contributed by atoms with van der Waals surface area (Å²) in [6, 6.07) is 7.57. The highest BCUT2D eigenvalue weighted by atomic mass is 16.5. The van der Waals surface area contributed by atoms with Crippen molar-refractivity contribution >= 4 is 0 Å². The van der Waals surface area contributed by atoms with E-state index in [1.807, 2.05) is 0 Å². The summed E-state index contributed by atoms with van der Waals surface area (Å²) < 4.78 is 5.48. The number of methoxy groups -OCH3 is 1. The highest BCUT2D eigenvalue weighted by molar-refractivity contribution is 5.41. The van der Waals surface area contributed by atoms with Gasteiger partial charge in [0.25, 0.3) is 0 Å². The van der Waals surface area contributed by atoms with Crippen molar-refractivity contribution < 1.29 is 4.74 Å². The molecule has 0 spiro atoms. The largest absolute Gasteiger partial charge is 0.496 e. The molecule has 1 unspecified atom stereocenters. The van der Waals surface area contributed by atoms with E-state index in [9.17, 15) is 0 Å². The first-order chi connectivity index (χ1) is 8.74. The molecule has 2 nitrogen and oxygen atoms in total. The van der Waals surface area contributed by atoms with Gasteiger partial charge in [0, 0.05) is 12.1 Å². The Morgan fingerprint density at radius 3 is 2.26 bits per heavy atom. The highest BCUT2D eigenvalue weighted by Gasteiger charge is 2.19. The molecule has 1 aromatic rings. The minimum atomic E-state index is 0.107. The zero-order chi connectivity index (χ0) is 14.6. The summed E-state index contributed by atoms with van der Waals surface area (Å²) >= 11 is 0. The molecule has 0 aliphatic carbocycles. The fraction of sp³-hybridized carbons (Fsp3) is 0.647. The molecule has 0 saturated heterocycles. The van der Waals surface area contributed by atoms with Crippen LogP contribution in [0.1, 0.15) is 52.7 Å². The van der Waals surface area contributed by atoms with Crippen LogP contribution >= 0.6 is 0 Å². The van der Waals surface area contributed by atoms with Gasteiger partial charge in [-0.3, -0.25) is 0 Å². The van der Waals surface area contributed by atoms with Crippen LogP contribution in [-0.2, 0) is 11.8 Å². The van der Waals surface area contributed by atoms with Gasteiger partial charge in [0.1, 0.15) is 5.75 Å². The first-order valence-electron chi connectivity index (χ1n) is 7.17. The molecule has 0 amide bonds. The smallest absolute Gasteiger partial charge is 0.122 e. The van der Waals surface area contributed by atoms with Gasteiger partial charge in [0.05, 0.1) is 7.11 Å². The molecule has 0 saturated carbocycles. The average Bonchev–Trinajstić information content (AvgIpc) is 2.26. The third-order valence-electron chi connectivity index (χ3n) is 3.23. The molecule has 0 fully saturated rings. The van der Waals surface area contributed by atoms with Gasteiger partial charge in [-0.2, -0.15) is 0 Å². The lowest BCUT2D eigenvalue weighted by Gasteiger charge is -2.24. The van der Waals surface area contributed by atoms with E-state index in [0.29, 0.717) is 12.1 Å². The number of rotatable bonds is 5. The van der Waals surface area contributed by atoms with Gasteiger partial charge < -0.3 is 10.1 Å². The van der Waals surface area contributed by atoms with Crippen molar-refractivity contribution in [3.63, 3.8) is 0 Å². The summed E-state index contributed by atoms with van der Waals surface area (Å²) in [6.45, 7) is 13.3. The van der Waals surface area contributed by atoms with Crippen LogP contribution in [0.5, 0.6) is 5.75 Å². The molecule has 1 aromatic carbocycles. The van der Waals surface area contributed by atoms with Crippen molar-refractivity contribution in [2.24, 2.45) is 0 Å². The van der Waals surface area contributed by atoms with Crippen LogP contribution in [0.2, 0.25) is 0 Å². The van der Waals surface area contributed by atoms with Crippen molar-refractivity contribution in [3.05, 3.63) is 29.3 Å². The average molecular weight is 263 g/mol. The molecular formula is C17H29NO. The number of nitrogens with one attached hydrogen (secondary N) is 1. The van der Waals surface area contributed by atoms with Crippen molar-refractivity contribution in [3.8, 4) is 5.75 Å². The Morgan fingerprint density at radius 1 is 1.16 bits per heavy atom. The molecule has 0 bridgehead atoms. The topological polar surface area (TPSA) is 21.3 Å². The second-order valence-electron chi connectivity index (χ2n) is 6.71. The van der Waals surface area contributed by atoms with E-state index in [4.69, 9.17) is 4.74 Å². The Kier molecular flexibility index (Phi) is 5.42. The molecule has 0 aliphatic rings. The van der Waals surface area contributed by atoms with Crippen LogP contribution in [-0.4, -0.2) is 19.2 Å². The summed E-state index contributed by atoms with van der Waals surface area (Å²) in [6.07, 6.45) is 1.05. The predicted octanol–water partition coefficient (Wildman–Crippen LogP) is 3.92. The lowest BCUT2D eigenvalue weighted by molar-refractivity contribution is 0.397. The Labute approximate surface area is 118 Å². The number of ether oxygens (including phenoxy) is 1. The molecule has 0 aliphatic heterocycles. The van der Waals surface area contributed by atoms with Crippen molar-refractivity contribution in [1.82, 2.24) is 5.32 Å². The molecule has 108 valence electrons. The van der Waals surface area contributed by atoms with Crippen LogP contribution in [0.15, 0.2) is 18.2 Å². The third kappa shape index (κ3) is 4.87. The van der Waals surface area contributed by atoms with Gasteiger partial charge in [-0.05, 0) is 36.0 Å². The lowest BCUT2D eigenvalue weighted by atomic mass is 9.84. The molecule has 1 rings (SSSR count). The quantitative estimate of drug-likeness (QED) is 0.869. The third-order valence-corrected chi connectivity index (χ3v) is 3.23. The summed E-state index contributed by atoms with van der Waals surface area (Å²) in [5.74, 6) is 0.987. The van der Waals surface area contributed by atoms with Gasteiger partial charge >= 0.3 is 0 Å². The molecule has 1 N–H and O–H groups in total. The van der Waals surface area contributed by atoms with E-state index in [1.54, 1.807) is 7.11 Å². The summed E-state index contributed by atoms with van der Waals surface area (Å²) in [5.41, 5.74) is 2.76. The Balaban J connectivity index is 2.93. The fourth-order valence-corrected chi connectivity index (χ4v) is 2.45.